The van der Waals surface area contributed by atoms with Crippen LogP contribution in [0.1, 0.15) is 6.92 Å². The molecule has 2 aromatic carbocycles. The highest BCUT2D eigenvalue weighted by Crippen LogP contribution is 2.27. The summed E-state index contributed by atoms with van der Waals surface area (Å²) in [7, 11) is 1.64. The van der Waals surface area contributed by atoms with Crippen molar-refractivity contribution in [3.05, 3.63) is 48.5 Å². The van der Waals surface area contributed by atoms with E-state index in [1.807, 2.05) is 48.5 Å². The molecule has 0 spiro atoms. The minimum Gasteiger partial charge on any atom is -0.497 e. The van der Waals surface area contributed by atoms with Crippen molar-refractivity contribution >= 4 is 17.0 Å². The second-order valence-electron chi connectivity index (χ2n) is 5.15. The lowest BCUT2D eigenvalue weighted by Crippen LogP contribution is -2.10. The van der Waals surface area contributed by atoms with E-state index in [0.717, 1.165) is 28.2 Å². The topological polar surface area (TPSA) is 53.4 Å². The van der Waals surface area contributed by atoms with E-state index >= 15 is 0 Å². The van der Waals surface area contributed by atoms with E-state index in [4.69, 9.17) is 14.5 Å². The third kappa shape index (κ3) is 3.18. The highest BCUT2D eigenvalue weighted by atomic mass is 16.5. The second kappa shape index (κ2) is 6.52. The Bertz CT molecular complexity index is 839. The summed E-state index contributed by atoms with van der Waals surface area (Å²) in [6.07, 6.45) is 0. The third-order valence-electron chi connectivity index (χ3n) is 3.60. The van der Waals surface area contributed by atoms with Crippen LogP contribution in [-0.2, 0) is 16.1 Å². The minimum absolute atomic E-state index is 0.280. The summed E-state index contributed by atoms with van der Waals surface area (Å²) in [6.45, 7) is 2.27. The molecule has 118 valence electrons. The Labute approximate surface area is 134 Å². The fraction of sp³-hybridized carbons (Fsp3) is 0.222. The van der Waals surface area contributed by atoms with E-state index in [1.165, 1.54) is 6.92 Å². The maximum atomic E-state index is 11.0. The number of benzene rings is 2. The molecule has 0 radical (unpaired) electrons. The quantitative estimate of drug-likeness (QED) is 0.679. The number of aromatic nitrogens is 2. The molecule has 5 heteroatoms. The lowest BCUT2D eigenvalue weighted by molar-refractivity contribution is -0.141. The summed E-state index contributed by atoms with van der Waals surface area (Å²) in [5, 5.41) is 0. The standard InChI is InChI=1S/C18H18N2O3/c1-13(21)23-11-10-20-17-9-4-3-8-16(17)19-18(20)14-6-5-7-15(12-14)22-2/h3-9,12H,10-11H2,1-2H3. The molecule has 3 rings (SSSR count). The molecule has 0 saturated carbocycles. The van der Waals surface area contributed by atoms with Crippen LogP contribution < -0.4 is 4.74 Å². The maximum Gasteiger partial charge on any atom is 0.302 e. The van der Waals surface area contributed by atoms with Gasteiger partial charge in [-0.15, -0.1) is 0 Å². The van der Waals surface area contributed by atoms with Gasteiger partial charge in [-0.25, -0.2) is 4.98 Å². The van der Waals surface area contributed by atoms with Gasteiger partial charge < -0.3 is 14.0 Å². The molecule has 0 aliphatic rings. The van der Waals surface area contributed by atoms with Crippen LogP contribution in [0, 0.1) is 0 Å². The van der Waals surface area contributed by atoms with Crippen molar-refractivity contribution in [1.29, 1.82) is 0 Å². The highest BCUT2D eigenvalue weighted by Gasteiger charge is 2.13. The molecule has 0 N–H and O–H groups in total. The molecule has 0 aliphatic heterocycles. The average molecular weight is 310 g/mol. The number of fused-ring (bicyclic) bond motifs is 1. The number of para-hydroxylation sites is 2. The van der Waals surface area contributed by atoms with Gasteiger partial charge in [-0.1, -0.05) is 24.3 Å². The SMILES string of the molecule is COc1cccc(-c2nc3ccccc3n2CCOC(C)=O)c1. The molecule has 0 saturated heterocycles. The minimum atomic E-state index is -0.280. The zero-order chi connectivity index (χ0) is 16.2. The summed E-state index contributed by atoms with van der Waals surface area (Å²) >= 11 is 0. The first-order valence-electron chi connectivity index (χ1n) is 7.42. The normalized spacial score (nSPS) is 10.7. The van der Waals surface area contributed by atoms with Crippen LogP contribution in [0.2, 0.25) is 0 Å². The van der Waals surface area contributed by atoms with Crippen LogP contribution in [0.15, 0.2) is 48.5 Å². The molecular weight excluding hydrogens is 292 g/mol. The molecule has 0 bridgehead atoms. The van der Waals surface area contributed by atoms with Gasteiger partial charge in [-0.05, 0) is 24.3 Å². The van der Waals surface area contributed by atoms with Crippen molar-refractivity contribution in [1.82, 2.24) is 9.55 Å². The predicted molar refractivity (Wildman–Crippen MR) is 88.4 cm³/mol. The third-order valence-corrected chi connectivity index (χ3v) is 3.60. The number of nitrogens with zero attached hydrogens (tertiary/aromatic N) is 2. The zero-order valence-electron chi connectivity index (χ0n) is 13.2. The average Bonchev–Trinajstić information content (AvgIpc) is 2.93. The van der Waals surface area contributed by atoms with Crippen LogP contribution >= 0.6 is 0 Å². The summed E-state index contributed by atoms with van der Waals surface area (Å²) < 4.78 is 12.4. The van der Waals surface area contributed by atoms with E-state index in [0.29, 0.717) is 13.2 Å². The Balaban J connectivity index is 2.05. The number of methoxy groups -OCH3 is 1. The highest BCUT2D eigenvalue weighted by molar-refractivity contribution is 5.80. The molecule has 0 unspecified atom stereocenters. The number of imidazole rings is 1. The van der Waals surface area contributed by atoms with Crippen molar-refractivity contribution < 1.29 is 14.3 Å². The zero-order valence-corrected chi connectivity index (χ0v) is 13.2. The van der Waals surface area contributed by atoms with Gasteiger partial charge in [-0.2, -0.15) is 0 Å². The van der Waals surface area contributed by atoms with Gasteiger partial charge in [0.15, 0.2) is 0 Å². The van der Waals surface area contributed by atoms with Gasteiger partial charge in [0.2, 0.25) is 0 Å². The van der Waals surface area contributed by atoms with E-state index in [1.54, 1.807) is 7.11 Å². The van der Waals surface area contributed by atoms with E-state index in [9.17, 15) is 4.79 Å². The number of ether oxygens (including phenoxy) is 2. The summed E-state index contributed by atoms with van der Waals surface area (Å²) in [4.78, 5) is 15.7. The largest absolute Gasteiger partial charge is 0.497 e. The lowest BCUT2D eigenvalue weighted by atomic mass is 10.2. The Hall–Kier alpha value is -2.82. The Morgan fingerprint density at radius 3 is 2.78 bits per heavy atom. The summed E-state index contributed by atoms with van der Waals surface area (Å²) in [5.74, 6) is 1.33. The molecular formula is C18H18N2O3. The summed E-state index contributed by atoms with van der Waals surface area (Å²) in [5.41, 5.74) is 2.88. The molecule has 1 heterocycles. The lowest BCUT2D eigenvalue weighted by Gasteiger charge is -2.10. The van der Waals surface area contributed by atoms with Gasteiger partial charge in [0, 0.05) is 12.5 Å². The van der Waals surface area contributed by atoms with Crippen molar-refractivity contribution in [3.8, 4) is 17.1 Å². The Morgan fingerprint density at radius 2 is 2.00 bits per heavy atom. The molecule has 5 nitrogen and oxygen atoms in total. The molecule has 0 aliphatic carbocycles. The molecule has 1 aromatic heterocycles. The summed E-state index contributed by atoms with van der Waals surface area (Å²) in [6, 6.07) is 15.7. The van der Waals surface area contributed by atoms with Gasteiger partial charge in [0.25, 0.3) is 0 Å². The van der Waals surface area contributed by atoms with Gasteiger partial charge in [-0.3, -0.25) is 4.79 Å². The Morgan fingerprint density at radius 1 is 1.17 bits per heavy atom. The first-order chi connectivity index (χ1) is 11.2. The molecule has 0 atom stereocenters. The first-order valence-corrected chi connectivity index (χ1v) is 7.42. The van der Waals surface area contributed by atoms with Crippen molar-refractivity contribution in [2.24, 2.45) is 0 Å². The van der Waals surface area contributed by atoms with Crippen LogP contribution in [0.25, 0.3) is 22.4 Å². The van der Waals surface area contributed by atoms with E-state index < -0.39 is 0 Å². The second-order valence-corrected chi connectivity index (χ2v) is 5.15. The van der Waals surface area contributed by atoms with Gasteiger partial charge in [0.05, 0.1) is 24.7 Å². The van der Waals surface area contributed by atoms with Gasteiger partial charge in [0.1, 0.15) is 18.2 Å². The molecule has 0 fully saturated rings. The van der Waals surface area contributed by atoms with E-state index in [2.05, 4.69) is 4.57 Å². The molecule has 0 amide bonds. The van der Waals surface area contributed by atoms with Crippen LogP contribution in [0.5, 0.6) is 5.75 Å². The molecule has 3 aromatic rings. The molecule has 23 heavy (non-hydrogen) atoms. The van der Waals surface area contributed by atoms with Crippen molar-refractivity contribution in [3.63, 3.8) is 0 Å². The smallest absolute Gasteiger partial charge is 0.302 e. The fourth-order valence-corrected chi connectivity index (χ4v) is 2.57. The number of esters is 1. The van der Waals surface area contributed by atoms with Crippen molar-refractivity contribution in [2.45, 2.75) is 13.5 Å². The number of hydrogen-bond donors (Lipinski definition) is 0. The number of carbonyl (C=O) groups excluding carboxylic acids is 1. The van der Waals surface area contributed by atoms with Crippen LogP contribution in [0.3, 0.4) is 0 Å². The monoisotopic (exact) mass is 310 g/mol. The fourth-order valence-electron chi connectivity index (χ4n) is 2.57. The van der Waals surface area contributed by atoms with E-state index in [-0.39, 0.29) is 5.97 Å². The first kappa shape index (κ1) is 15.1. The predicted octanol–water partition coefficient (Wildman–Crippen LogP) is 3.28. The maximum absolute atomic E-state index is 11.0. The van der Waals surface area contributed by atoms with Crippen LogP contribution in [-0.4, -0.2) is 29.2 Å². The van der Waals surface area contributed by atoms with Gasteiger partial charge >= 0.3 is 5.97 Å². The van der Waals surface area contributed by atoms with Crippen molar-refractivity contribution in [2.75, 3.05) is 13.7 Å². The Kier molecular flexibility index (Phi) is 4.28. The van der Waals surface area contributed by atoms with Crippen LogP contribution in [0.4, 0.5) is 0 Å². The number of carbonyl (C=O) groups is 1. The number of rotatable bonds is 5. The number of hydrogen-bond acceptors (Lipinski definition) is 4.